The maximum absolute atomic E-state index is 6.43. The first-order chi connectivity index (χ1) is 5.88. The first-order valence-electron chi connectivity index (χ1n) is 5.26. The van der Waals surface area contributed by atoms with Crippen LogP contribution in [-0.4, -0.2) is 28.4 Å². The van der Waals surface area contributed by atoms with Crippen molar-refractivity contribution in [2.45, 2.75) is 56.5 Å². The topological polar surface area (TPSA) is 3.24 Å². The summed E-state index contributed by atoms with van der Waals surface area (Å²) in [6.45, 7) is 7.03. The summed E-state index contributed by atoms with van der Waals surface area (Å²) in [5.41, 5.74) is 0.641. The van der Waals surface area contributed by atoms with E-state index in [9.17, 15) is 0 Å². The molecule has 0 aromatic heterocycles. The van der Waals surface area contributed by atoms with Crippen LogP contribution in [0.15, 0.2) is 0 Å². The minimum absolute atomic E-state index is 0.289. The minimum atomic E-state index is 0.289. The molecule has 0 aromatic rings. The van der Waals surface area contributed by atoms with E-state index in [4.69, 9.17) is 11.6 Å². The predicted molar refractivity (Wildman–Crippen MR) is 57.2 cm³/mol. The van der Waals surface area contributed by atoms with E-state index in [0.717, 1.165) is 0 Å². The van der Waals surface area contributed by atoms with Crippen molar-refractivity contribution >= 4 is 11.6 Å². The van der Waals surface area contributed by atoms with E-state index in [1.54, 1.807) is 0 Å². The standard InChI is InChI=1S/C11H20ClN/c1-10(2)8-5-6-11(3,13(10)4)7-9(8)12/h8-9H,5-7H2,1-4H3. The van der Waals surface area contributed by atoms with E-state index in [-0.39, 0.29) is 5.54 Å². The second kappa shape index (κ2) is 2.64. The summed E-state index contributed by atoms with van der Waals surface area (Å²) in [6, 6.07) is 0. The Morgan fingerprint density at radius 3 is 2.38 bits per heavy atom. The fourth-order valence-electron chi connectivity index (χ4n) is 3.36. The average Bonchev–Trinajstić information content (AvgIpc) is 1.99. The van der Waals surface area contributed by atoms with Crippen molar-refractivity contribution in [1.82, 2.24) is 4.90 Å². The van der Waals surface area contributed by atoms with Crippen LogP contribution in [0.1, 0.15) is 40.0 Å². The van der Waals surface area contributed by atoms with E-state index in [0.29, 0.717) is 16.8 Å². The van der Waals surface area contributed by atoms with Crippen LogP contribution in [0, 0.1) is 5.92 Å². The molecule has 3 unspecified atom stereocenters. The van der Waals surface area contributed by atoms with Crippen molar-refractivity contribution in [3.63, 3.8) is 0 Å². The van der Waals surface area contributed by atoms with Crippen LogP contribution in [0.2, 0.25) is 0 Å². The van der Waals surface area contributed by atoms with Gasteiger partial charge in [0.25, 0.3) is 0 Å². The largest absolute Gasteiger partial charge is 0.295 e. The van der Waals surface area contributed by atoms with E-state index < -0.39 is 0 Å². The van der Waals surface area contributed by atoms with E-state index in [1.807, 2.05) is 0 Å². The van der Waals surface area contributed by atoms with Crippen molar-refractivity contribution in [1.29, 1.82) is 0 Å². The zero-order valence-electron chi connectivity index (χ0n) is 9.10. The molecule has 0 aromatic carbocycles. The summed E-state index contributed by atoms with van der Waals surface area (Å²) in [6.07, 6.45) is 3.79. The molecule has 13 heavy (non-hydrogen) atoms. The number of hydrogen-bond donors (Lipinski definition) is 0. The second-order valence-electron chi connectivity index (χ2n) is 5.57. The third kappa shape index (κ3) is 1.16. The summed E-state index contributed by atoms with van der Waals surface area (Å²) in [5, 5.41) is 0.393. The number of nitrogens with zero attached hydrogens (tertiary/aromatic N) is 1. The summed E-state index contributed by atoms with van der Waals surface area (Å²) in [7, 11) is 2.26. The fourth-order valence-corrected chi connectivity index (χ4v) is 4.12. The molecule has 0 spiro atoms. The molecule has 0 N–H and O–H groups in total. The van der Waals surface area contributed by atoms with Gasteiger partial charge in [0.15, 0.2) is 0 Å². The SMILES string of the molecule is CN1C2(C)CCC(C(Cl)C2)C1(C)C. The molecule has 2 heterocycles. The van der Waals surface area contributed by atoms with Gasteiger partial charge in [-0.05, 0) is 53.0 Å². The molecular formula is C11H20ClN. The molecule has 2 heteroatoms. The van der Waals surface area contributed by atoms with Gasteiger partial charge < -0.3 is 0 Å². The lowest BCUT2D eigenvalue weighted by Gasteiger charge is -2.63. The normalized spacial score (nSPS) is 49.6. The molecule has 1 nitrogen and oxygen atoms in total. The Hall–Kier alpha value is 0.250. The Bertz CT molecular complexity index is 217. The van der Waals surface area contributed by atoms with E-state index >= 15 is 0 Å². The van der Waals surface area contributed by atoms with Gasteiger partial charge in [0, 0.05) is 16.5 Å². The highest BCUT2D eigenvalue weighted by atomic mass is 35.5. The van der Waals surface area contributed by atoms with Crippen LogP contribution in [-0.2, 0) is 0 Å². The first kappa shape index (κ1) is 9.79. The summed E-state index contributed by atoms with van der Waals surface area (Å²) in [5.74, 6) is 0.681. The number of fused-ring (bicyclic) bond motifs is 3. The van der Waals surface area contributed by atoms with Crippen LogP contribution in [0.5, 0.6) is 0 Å². The highest BCUT2D eigenvalue weighted by Gasteiger charge is 2.55. The van der Waals surface area contributed by atoms with E-state index in [2.05, 4.69) is 32.7 Å². The quantitative estimate of drug-likeness (QED) is 0.545. The van der Waals surface area contributed by atoms with Crippen molar-refractivity contribution in [3.05, 3.63) is 0 Å². The highest BCUT2D eigenvalue weighted by molar-refractivity contribution is 6.21. The van der Waals surface area contributed by atoms with Crippen LogP contribution < -0.4 is 0 Å². The molecule has 0 amide bonds. The number of hydrogen-bond acceptors (Lipinski definition) is 1. The zero-order chi connectivity index (χ0) is 9.85. The number of rotatable bonds is 0. The number of piperidine rings is 2. The molecule has 3 aliphatic rings. The molecule has 76 valence electrons. The second-order valence-corrected chi connectivity index (χ2v) is 6.14. The summed E-state index contributed by atoms with van der Waals surface area (Å²) < 4.78 is 0. The van der Waals surface area contributed by atoms with Crippen molar-refractivity contribution in [2.75, 3.05) is 7.05 Å². The van der Waals surface area contributed by atoms with Gasteiger partial charge in [-0.15, -0.1) is 11.6 Å². The third-order valence-corrected chi connectivity index (χ3v) is 5.11. The fraction of sp³-hybridized carbons (Fsp3) is 1.00. The van der Waals surface area contributed by atoms with Crippen LogP contribution >= 0.6 is 11.6 Å². The van der Waals surface area contributed by atoms with Gasteiger partial charge in [-0.3, -0.25) is 4.90 Å². The Morgan fingerprint density at radius 1 is 1.31 bits per heavy atom. The average molecular weight is 202 g/mol. The van der Waals surface area contributed by atoms with Crippen molar-refractivity contribution in [3.8, 4) is 0 Å². The Labute approximate surface area is 86.4 Å². The number of alkyl halides is 1. The molecule has 1 aliphatic carbocycles. The highest BCUT2D eigenvalue weighted by Crippen LogP contribution is 2.52. The van der Waals surface area contributed by atoms with Crippen LogP contribution in [0.3, 0.4) is 0 Å². The molecule has 0 radical (unpaired) electrons. The van der Waals surface area contributed by atoms with Crippen LogP contribution in [0.25, 0.3) is 0 Å². The molecule has 3 fully saturated rings. The molecule has 3 atom stereocenters. The molecular weight excluding hydrogens is 182 g/mol. The maximum atomic E-state index is 6.43. The zero-order valence-corrected chi connectivity index (χ0v) is 9.86. The van der Waals surface area contributed by atoms with Gasteiger partial charge in [0.05, 0.1) is 0 Å². The molecule has 3 rings (SSSR count). The maximum Gasteiger partial charge on any atom is 0.0399 e. The number of halogens is 1. The smallest absolute Gasteiger partial charge is 0.0399 e. The van der Waals surface area contributed by atoms with Crippen molar-refractivity contribution in [2.24, 2.45) is 5.92 Å². The summed E-state index contributed by atoms with van der Waals surface area (Å²) in [4.78, 5) is 2.55. The summed E-state index contributed by atoms with van der Waals surface area (Å²) >= 11 is 6.43. The lowest BCUT2D eigenvalue weighted by atomic mass is 9.62. The van der Waals surface area contributed by atoms with Gasteiger partial charge in [-0.25, -0.2) is 0 Å². The third-order valence-electron chi connectivity index (χ3n) is 4.65. The van der Waals surface area contributed by atoms with Gasteiger partial charge in [0.2, 0.25) is 0 Å². The van der Waals surface area contributed by atoms with Crippen LogP contribution in [0.4, 0.5) is 0 Å². The lowest BCUT2D eigenvalue weighted by molar-refractivity contribution is -0.0989. The minimum Gasteiger partial charge on any atom is -0.295 e. The van der Waals surface area contributed by atoms with E-state index in [1.165, 1.54) is 19.3 Å². The Kier molecular flexibility index (Phi) is 1.99. The monoisotopic (exact) mass is 201 g/mol. The predicted octanol–water partition coefficient (Wildman–Crippen LogP) is 2.88. The van der Waals surface area contributed by atoms with Crippen molar-refractivity contribution < 1.29 is 0 Å². The van der Waals surface area contributed by atoms with Gasteiger partial charge in [0.1, 0.15) is 0 Å². The molecule has 2 bridgehead atoms. The molecule has 1 saturated carbocycles. The first-order valence-corrected chi connectivity index (χ1v) is 5.69. The Balaban J connectivity index is 2.36. The van der Waals surface area contributed by atoms with Gasteiger partial charge in [-0.2, -0.15) is 0 Å². The Morgan fingerprint density at radius 2 is 1.92 bits per heavy atom. The lowest BCUT2D eigenvalue weighted by Crippen LogP contribution is -2.68. The van der Waals surface area contributed by atoms with Gasteiger partial charge in [-0.1, -0.05) is 0 Å². The molecule has 2 aliphatic heterocycles. The molecule has 2 saturated heterocycles. The van der Waals surface area contributed by atoms with Gasteiger partial charge >= 0.3 is 0 Å².